The van der Waals surface area contributed by atoms with Gasteiger partial charge in [0.15, 0.2) is 11.3 Å². The number of hydrogen-bond donors (Lipinski definition) is 1. The Hall–Kier alpha value is -1.97. The predicted molar refractivity (Wildman–Crippen MR) is 67.2 cm³/mol. The summed E-state index contributed by atoms with van der Waals surface area (Å²) in [4.78, 5) is 11.2. The van der Waals surface area contributed by atoms with Crippen LogP contribution in [0.3, 0.4) is 0 Å². The molecular formula is C14H14O4. The van der Waals surface area contributed by atoms with E-state index in [1.807, 2.05) is 19.9 Å². The average Bonchev–Trinajstić information content (AvgIpc) is 2.31. The summed E-state index contributed by atoms with van der Waals surface area (Å²) in [5.41, 5.74) is 0.354. The first-order valence-electron chi connectivity index (χ1n) is 5.94. The van der Waals surface area contributed by atoms with Crippen LogP contribution in [0.5, 0.6) is 11.5 Å². The first kappa shape index (κ1) is 11.1. The Labute approximate surface area is 104 Å². The Balaban J connectivity index is 2.30. The number of phenolic OH excluding ortho intramolecular Hbond substituents is 1. The number of fused-ring (bicyclic) bond motifs is 2. The van der Waals surface area contributed by atoms with Gasteiger partial charge in [-0.05, 0) is 44.4 Å². The summed E-state index contributed by atoms with van der Waals surface area (Å²) >= 11 is 0. The van der Waals surface area contributed by atoms with Crippen LogP contribution >= 0.6 is 0 Å². The Morgan fingerprint density at radius 1 is 1.33 bits per heavy atom. The standard InChI is InChI=1S/C14H14O4/c1-14(2)6-5-9-7-8-3-4-10(15)17-12(8)11(16)13(9)18-14/h3-4,7,16H,5-6H2,1-2H3. The summed E-state index contributed by atoms with van der Waals surface area (Å²) in [6.07, 6.45) is 1.73. The Bertz CT molecular complexity index is 682. The fraction of sp³-hybridized carbons (Fsp3) is 0.357. The zero-order chi connectivity index (χ0) is 12.9. The molecule has 1 aromatic carbocycles. The van der Waals surface area contributed by atoms with Gasteiger partial charge in [0.25, 0.3) is 0 Å². The molecular weight excluding hydrogens is 232 g/mol. The van der Waals surface area contributed by atoms with E-state index in [2.05, 4.69) is 0 Å². The highest BCUT2D eigenvalue weighted by molar-refractivity contribution is 5.86. The quantitative estimate of drug-likeness (QED) is 0.726. The lowest BCUT2D eigenvalue weighted by atomic mass is 9.93. The summed E-state index contributed by atoms with van der Waals surface area (Å²) in [7, 11) is 0. The Kier molecular flexibility index (Phi) is 2.17. The second kappa shape index (κ2) is 3.51. The normalized spacial score (nSPS) is 17.2. The number of hydrogen-bond acceptors (Lipinski definition) is 4. The summed E-state index contributed by atoms with van der Waals surface area (Å²) in [6.45, 7) is 3.95. The van der Waals surface area contributed by atoms with Gasteiger partial charge in [-0.2, -0.15) is 0 Å². The van der Waals surface area contributed by atoms with Gasteiger partial charge >= 0.3 is 5.63 Å². The number of aryl methyl sites for hydroxylation is 1. The molecule has 0 saturated carbocycles. The van der Waals surface area contributed by atoms with Crippen molar-refractivity contribution in [2.45, 2.75) is 32.3 Å². The van der Waals surface area contributed by atoms with E-state index in [1.165, 1.54) is 6.07 Å². The van der Waals surface area contributed by atoms with Crippen LogP contribution in [0.2, 0.25) is 0 Å². The summed E-state index contributed by atoms with van der Waals surface area (Å²) < 4.78 is 10.8. The predicted octanol–water partition coefficient (Wildman–Crippen LogP) is 2.60. The minimum Gasteiger partial charge on any atom is -0.502 e. The molecule has 18 heavy (non-hydrogen) atoms. The maximum atomic E-state index is 11.2. The lowest BCUT2D eigenvalue weighted by Crippen LogP contribution is -2.32. The zero-order valence-corrected chi connectivity index (χ0v) is 10.3. The molecule has 2 heterocycles. The van der Waals surface area contributed by atoms with Gasteiger partial charge in [0.2, 0.25) is 5.75 Å². The van der Waals surface area contributed by atoms with Gasteiger partial charge in [-0.25, -0.2) is 4.79 Å². The molecule has 0 saturated heterocycles. The van der Waals surface area contributed by atoms with Gasteiger partial charge in [-0.15, -0.1) is 0 Å². The van der Waals surface area contributed by atoms with Crippen molar-refractivity contribution in [3.63, 3.8) is 0 Å². The second-order valence-corrected chi connectivity index (χ2v) is 5.25. The SMILES string of the molecule is CC1(C)CCc2cc3ccc(=O)oc3c(O)c2O1. The van der Waals surface area contributed by atoms with Gasteiger partial charge in [-0.3, -0.25) is 0 Å². The molecule has 0 unspecified atom stereocenters. The van der Waals surface area contributed by atoms with Crippen molar-refractivity contribution in [3.8, 4) is 11.5 Å². The summed E-state index contributed by atoms with van der Waals surface area (Å²) in [5, 5.41) is 10.9. The molecule has 1 aliphatic rings. The molecule has 1 aliphatic heterocycles. The minimum absolute atomic E-state index is 0.0759. The maximum Gasteiger partial charge on any atom is 0.336 e. The van der Waals surface area contributed by atoms with Crippen molar-refractivity contribution in [2.75, 3.05) is 0 Å². The van der Waals surface area contributed by atoms with Gasteiger partial charge in [0, 0.05) is 11.5 Å². The van der Waals surface area contributed by atoms with Crippen molar-refractivity contribution in [1.29, 1.82) is 0 Å². The lowest BCUT2D eigenvalue weighted by Gasteiger charge is -2.32. The maximum absolute atomic E-state index is 11.2. The second-order valence-electron chi connectivity index (χ2n) is 5.25. The molecule has 0 spiro atoms. The van der Waals surface area contributed by atoms with E-state index in [9.17, 15) is 9.90 Å². The van der Waals surface area contributed by atoms with Crippen molar-refractivity contribution in [3.05, 3.63) is 34.2 Å². The number of rotatable bonds is 0. The molecule has 4 heteroatoms. The van der Waals surface area contributed by atoms with Crippen molar-refractivity contribution < 1.29 is 14.3 Å². The lowest BCUT2D eigenvalue weighted by molar-refractivity contribution is 0.0808. The monoisotopic (exact) mass is 246 g/mol. The van der Waals surface area contributed by atoms with Crippen molar-refractivity contribution in [2.24, 2.45) is 0 Å². The van der Waals surface area contributed by atoms with E-state index in [4.69, 9.17) is 9.15 Å². The average molecular weight is 246 g/mol. The highest BCUT2D eigenvalue weighted by Gasteiger charge is 2.30. The molecule has 3 rings (SSSR count). The number of aromatic hydroxyl groups is 1. The van der Waals surface area contributed by atoms with E-state index in [1.54, 1.807) is 6.07 Å². The van der Waals surface area contributed by atoms with Gasteiger partial charge < -0.3 is 14.3 Å². The van der Waals surface area contributed by atoms with Crippen LogP contribution in [0.1, 0.15) is 25.8 Å². The van der Waals surface area contributed by atoms with Crippen molar-refractivity contribution in [1.82, 2.24) is 0 Å². The largest absolute Gasteiger partial charge is 0.502 e. The molecule has 94 valence electrons. The third-order valence-electron chi connectivity index (χ3n) is 3.29. The molecule has 1 aromatic heterocycles. The molecule has 4 nitrogen and oxygen atoms in total. The summed E-state index contributed by atoms with van der Waals surface area (Å²) in [5.74, 6) is 0.362. The van der Waals surface area contributed by atoms with Crippen LogP contribution in [0.4, 0.5) is 0 Å². The van der Waals surface area contributed by atoms with Crippen molar-refractivity contribution >= 4 is 11.0 Å². The van der Waals surface area contributed by atoms with Gasteiger partial charge in [0.1, 0.15) is 5.60 Å². The third-order valence-corrected chi connectivity index (χ3v) is 3.29. The van der Waals surface area contributed by atoms with Gasteiger partial charge in [0.05, 0.1) is 0 Å². The van der Waals surface area contributed by atoms with Gasteiger partial charge in [-0.1, -0.05) is 0 Å². The van der Waals surface area contributed by atoms with Crippen LogP contribution in [0, 0.1) is 0 Å². The van der Waals surface area contributed by atoms with Crippen LogP contribution in [0.25, 0.3) is 11.0 Å². The highest BCUT2D eigenvalue weighted by atomic mass is 16.5. The minimum atomic E-state index is -0.479. The van der Waals surface area contributed by atoms with E-state index in [-0.39, 0.29) is 16.9 Å². The molecule has 1 N–H and O–H groups in total. The molecule has 0 radical (unpaired) electrons. The highest BCUT2D eigenvalue weighted by Crippen LogP contribution is 2.43. The Morgan fingerprint density at radius 2 is 2.11 bits per heavy atom. The molecule has 0 amide bonds. The fourth-order valence-electron chi connectivity index (χ4n) is 2.30. The van der Waals surface area contributed by atoms with Crippen LogP contribution < -0.4 is 10.4 Å². The third kappa shape index (κ3) is 1.65. The zero-order valence-electron chi connectivity index (χ0n) is 10.3. The molecule has 0 atom stereocenters. The first-order chi connectivity index (χ1) is 8.46. The van der Waals surface area contributed by atoms with E-state index in [0.29, 0.717) is 11.1 Å². The molecule has 2 aromatic rings. The topological polar surface area (TPSA) is 59.7 Å². The Morgan fingerprint density at radius 3 is 2.89 bits per heavy atom. The number of phenols is 1. The van der Waals surface area contributed by atoms with Crippen LogP contribution in [-0.4, -0.2) is 10.7 Å². The molecule has 0 aliphatic carbocycles. The first-order valence-corrected chi connectivity index (χ1v) is 5.94. The number of benzene rings is 1. The van der Waals surface area contributed by atoms with E-state index >= 15 is 0 Å². The number of ether oxygens (including phenoxy) is 1. The smallest absolute Gasteiger partial charge is 0.336 e. The molecule has 0 bridgehead atoms. The van der Waals surface area contributed by atoms with E-state index < -0.39 is 5.63 Å². The molecule has 0 fully saturated rings. The van der Waals surface area contributed by atoms with Crippen LogP contribution in [-0.2, 0) is 6.42 Å². The fourth-order valence-corrected chi connectivity index (χ4v) is 2.30. The summed E-state index contributed by atoms with van der Waals surface area (Å²) in [6, 6.07) is 4.91. The van der Waals surface area contributed by atoms with Crippen LogP contribution in [0.15, 0.2) is 27.4 Å². The van der Waals surface area contributed by atoms with E-state index in [0.717, 1.165) is 18.4 Å².